The van der Waals surface area contributed by atoms with Gasteiger partial charge in [0.2, 0.25) is 0 Å². The predicted octanol–water partition coefficient (Wildman–Crippen LogP) is 2.28. The Balaban J connectivity index is 2.31. The van der Waals surface area contributed by atoms with Crippen LogP contribution in [-0.4, -0.2) is 15.8 Å². The monoisotopic (exact) mass is 250 g/mol. The van der Waals surface area contributed by atoms with Crippen molar-refractivity contribution >= 4 is 28.9 Å². The number of hydrogen-bond acceptors (Lipinski definition) is 5. The van der Waals surface area contributed by atoms with Gasteiger partial charge >= 0.3 is 0 Å². The van der Waals surface area contributed by atoms with Gasteiger partial charge in [0.1, 0.15) is 10.9 Å². The zero-order valence-corrected chi connectivity index (χ0v) is 10.2. The summed E-state index contributed by atoms with van der Waals surface area (Å²) < 4.78 is 0.915. The largest absolute Gasteiger partial charge is 0.384 e. The van der Waals surface area contributed by atoms with Crippen molar-refractivity contribution < 1.29 is 0 Å². The van der Waals surface area contributed by atoms with Crippen molar-refractivity contribution in [2.45, 2.75) is 16.3 Å². The molecule has 0 radical (unpaired) electrons. The molecule has 0 fully saturated rings. The molecule has 82 valence electrons. The van der Waals surface area contributed by atoms with Crippen LogP contribution in [0.1, 0.15) is 11.3 Å². The minimum atomic E-state index is 0.0314. The van der Waals surface area contributed by atoms with Crippen LogP contribution in [0.5, 0.6) is 0 Å². The smallest absolute Gasteiger partial charge is 0.156 e. The molecule has 0 saturated heterocycles. The maximum absolute atomic E-state index is 7.45. The lowest BCUT2D eigenvalue weighted by Gasteiger charge is -2.03. The van der Waals surface area contributed by atoms with E-state index >= 15 is 0 Å². The number of pyridine rings is 1. The summed E-state index contributed by atoms with van der Waals surface area (Å²) in [7, 11) is 0. The Morgan fingerprint density at radius 3 is 3.00 bits per heavy atom. The van der Waals surface area contributed by atoms with E-state index in [0.29, 0.717) is 5.56 Å². The Bertz CT molecular complexity index is 521. The number of aryl methyl sites for hydroxylation is 1. The van der Waals surface area contributed by atoms with E-state index in [1.165, 1.54) is 11.8 Å². The molecule has 0 atom stereocenters. The number of nitrogen functional groups attached to an aromatic ring is 1. The summed E-state index contributed by atoms with van der Waals surface area (Å²) in [5.41, 5.74) is 7.13. The number of nitrogens with zero attached hydrogens (tertiary/aromatic N) is 2. The maximum atomic E-state index is 7.45. The van der Waals surface area contributed by atoms with Gasteiger partial charge in [-0.3, -0.25) is 5.41 Å². The van der Waals surface area contributed by atoms with Crippen molar-refractivity contribution in [1.29, 1.82) is 5.41 Å². The molecule has 0 amide bonds. The zero-order valence-electron chi connectivity index (χ0n) is 8.60. The Morgan fingerprint density at radius 2 is 2.38 bits per heavy atom. The van der Waals surface area contributed by atoms with Crippen molar-refractivity contribution in [2.75, 3.05) is 0 Å². The van der Waals surface area contributed by atoms with Crippen LogP contribution in [0.15, 0.2) is 33.1 Å². The molecule has 2 heterocycles. The van der Waals surface area contributed by atoms with E-state index in [-0.39, 0.29) is 5.84 Å². The van der Waals surface area contributed by atoms with Crippen molar-refractivity contribution in [3.8, 4) is 0 Å². The highest BCUT2D eigenvalue weighted by Gasteiger charge is 2.09. The first-order valence-electron chi connectivity index (χ1n) is 4.56. The molecule has 2 aromatic rings. The first-order chi connectivity index (χ1) is 7.66. The normalized spacial score (nSPS) is 10.3. The van der Waals surface area contributed by atoms with Crippen LogP contribution in [-0.2, 0) is 0 Å². The third-order valence-corrected chi connectivity index (χ3v) is 3.92. The average Bonchev–Trinajstić information content (AvgIpc) is 2.64. The molecule has 0 aliphatic rings. The van der Waals surface area contributed by atoms with Crippen molar-refractivity contribution in [1.82, 2.24) is 9.97 Å². The van der Waals surface area contributed by atoms with Crippen molar-refractivity contribution in [3.05, 3.63) is 35.0 Å². The molecule has 6 heteroatoms. The van der Waals surface area contributed by atoms with Gasteiger partial charge in [0.25, 0.3) is 0 Å². The Kier molecular flexibility index (Phi) is 3.21. The fraction of sp³-hybridized carbons (Fsp3) is 0.100. The summed E-state index contributed by atoms with van der Waals surface area (Å²) in [6.07, 6.45) is 1.69. The Labute approximate surface area is 101 Å². The van der Waals surface area contributed by atoms with Gasteiger partial charge in [0.15, 0.2) is 4.34 Å². The minimum absolute atomic E-state index is 0.0314. The Hall–Kier alpha value is -1.40. The molecule has 2 aromatic heterocycles. The summed E-state index contributed by atoms with van der Waals surface area (Å²) in [6.45, 7) is 1.95. The molecule has 0 unspecified atom stereocenters. The standard InChI is InChI=1S/C10H10N4S2/c1-6-5-15-10(14-6)16-9-7(8(11)12)3-2-4-13-9/h2-5H,1H3,(H3,11,12). The molecule has 0 aliphatic carbocycles. The van der Waals surface area contributed by atoms with Gasteiger partial charge < -0.3 is 5.73 Å². The lowest BCUT2D eigenvalue weighted by Crippen LogP contribution is -2.12. The zero-order chi connectivity index (χ0) is 11.5. The molecule has 0 saturated carbocycles. The van der Waals surface area contributed by atoms with Gasteiger partial charge in [-0.25, -0.2) is 9.97 Å². The summed E-state index contributed by atoms with van der Waals surface area (Å²) >= 11 is 3.00. The van der Waals surface area contributed by atoms with E-state index < -0.39 is 0 Å². The predicted molar refractivity (Wildman–Crippen MR) is 66.2 cm³/mol. The fourth-order valence-electron chi connectivity index (χ4n) is 1.14. The molecule has 0 aromatic carbocycles. The lowest BCUT2D eigenvalue weighted by atomic mass is 10.3. The van der Waals surface area contributed by atoms with Crippen LogP contribution in [0, 0.1) is 12.3 Å². The summed E-state index contributed by atoms with van der Waals surface area (Å²) in [6, 6.07) is 3.56. The average molecular weight is 250 g/mol. The maximum Gasteiger partial charge on any atom is 0.156 e. The first-order valence-corrected chi connectivity index (χ1v) is 6.26. The second-order valence-corrected chi connectivity index (χ2v) is 5.22. The van der Waals surface area contributed by atoms with Crippen LogP contribution in [0.3, 0.4) is 0 Å². The van der Waals surface area contributed by atoms with E-state index in [1.54, 1.807) is 29.7 Å². The van der Waals surface area contributed by atoms with E-state index in [2.05, 4.69) is 9.97 Å². The highest BCUT2D eigenvalue weighted by atomic mass is 32.2. The number of nitrogens with two attached hydrogens (primary N) is 1. The summed E-state index contributed by atoms with van der Waals surface area (Å²) in [5, 5.41) is 10.2. The van der Waals surface area contributed by atoms with Crippen LogP contribution in [0.4, 0.5) is 0 Å². The molecular formula is C10H10N4S2. The Morgan fingerprint density at radius 1 is 1.56 bits per heavy atom. The number of hydrogen-bond donors (Lipinski definition) is 2. The number of amidine groups is 1. The lowest BCUT2D eigenvalue weighted by molar-refractivity contribution is 1.10. The van der Waals surface area contributed by atoms with E-state index in [4.69, 9.17) is 11.1 Å². The van der Waals surface area contributed by atoms with E-state index in [0.717, 1.165) is 15.1 Å². The SMILES string of the molecule is Cc1csc(Sc2ncccc2C(=N)N)n1. The molecule has 3 N–H and O–H groups in total. The van der Waals surface area contributed by atoms with Crippen molar-refractivity contribution in [3.63, 3.8) is 0 Å². The van der Waals surface area contributed by atoms with Crippen molar-refractivity contribution in [2.24, 2.45) is 5.73 Å². The van der Waals surface area contributed by atoms with Crippen LogP contribution in [0.2, 0.25) is 0 Å². The third-order valence-electron chi connectivity index (χ3n) is 1.84. The van der Waals surface area contributed by atoms with Gasteiger partial charge in [-0.05, 0) is 30.8 Å². The van der Waals surface area contributed by atoms with Gasteiger partial charge in [-0.1, -0.05) is 0 Å². The summed E-state index contributed by atoms with van der Waals surface area (Å²) in [5.74, 6) is 0.0314. The van der Waals surface area contributed by atoms with Gasteiger partial charge in [-0.15, -0.1) is 11.3 Å². The van der Waals surface area contributed by atoms with Gasteiger partial charge in [0, 0.05) is 22.8 Å². The van der Waals surface area contributed by atoms with Crippen LogP contribution >= 0.6 is 23.1 Å². The topological polar surface area (TPSA) is 75.7 Å². The first kappa shape index (κ1) is 11.1. The minimum Gasteiger partial charge on any atom is -0.384 e. The summed E-state index contributed by atoms with van der Waals surface area (Å²) in [4.78, 5) is 8.55. The fourth-order valence-corrected chi connectivity index (χ4v) is 2.99. The number of thiazole rings is 1. The molecule has 2 rings (SSSR count). The molecule has 0 aliphatic heterocycles. The van der Waals surface area contributed by atoms with Gasteiger partial charge in [-0.2, -0.15) is 0 Å². The number of aromatic nitrogens is 2. The third kappa shape index (κ3) is 2.40. The molecule has 0 bridgehead atoms. The molecule has 16 heavy (non-hydrogen) atoms. The highest BCUT2D eigenvalue weighted by molar-refractivity contribution is 8.01. The molecular weight excluding hydrogens is 240 g/mol. The second kappa shape index (κ2) is 4.63. The molecule has 0 spiro atoms. The highest BCUT2D eigenvalue weighted by Crippen LogP contribution is 2.30. The van der Waals surface area contributed by atoms with Crippen LogP contribution in [0.25, 0.3) is 0 Å². The molecule has 4 nitrogen and oxygen atoms in total. The second-order valence-electron chi connectivity index (χ2n) is 3.13. The number of rotatable bonds is 3. The van der Waals surface area contributed by atoms with Crippen LogP contribution < -0.4 is 5.73 Å². The number of nitrogens with one attached hydrogen (secondary N) is 1. The van der Waals surface area contributed by atoms with E-state index in [9.17, 15) is 0 Å². The quantitative estimate of drug-likeness (QED) is 0.647. The van der Waals surface area contributed by atoms with E-state index in [1.807, 2.05) is 12.3 Å². The van der Waals surface area contributed by atoms with Gasteiger partial charge in [0.05, 0.1) is 0 Å².